The summed E-state index contributed by atoms with van der Waals surface area (Å²) in [5.74, 6) is 0. The summed E-state index contributed by atoms with van der Waals surface area (Å²) in [4.78, 5) is 0. The third-order valence-electron chi connectivity index (χ3n) is 3.03. The Labute approximate surface area is 99.6 Å². The van der Waals surface area contributed by atoms with Crippen LogP contribution in [0.2, 0.25) is 0 Å². The Morgan fingerprint density at radius 1 is 1.40 bits per heavy atom. The molecule has 0 heterocycles. The van der Waals surface area contributed by atoms with Crippen molar-refractivity contribution in [1.82, 2.24) is 0 Å². The van der Waals surface area contributed by atoms with Crippen molar-refractivity contribution >= 4 is 15.9 Å². The van der Waals surface area contributed by atoms with E-state index in [1.165, 1.54) is 5.56 Å². The quantitative estimate of drug-likeness (QED) is 0.886. The number of nitrogens with two attached hydrogens (primary N) is 1. The molecule has 2 nitrogen and oxygen atoms in total. The van der Waals surface area contributed by atoms with E-state index < -0.39 is 0 Å². The Morgan fingerprint density at radius 2 is 2.00 bits per heavy atom. The minimum atomic E-state index is -0.347. The lowest BCUT2D eigenvalue weighted by Crippen LogP contribution is -2.36. The van der Waals surface area contributed by atoms with Gasteiger partial charge in [-0.1, -0.05) is 35.0 Å². The lowest BCUT2D eigenvalue weighted by atomic mass is 9.80. The molecule has 1 aromatic carbocycles. The maximum Gasteiger partial charge on any atom is 0.0537 e. The lowest BCUT2D eigenvalue weighted by molar-refractivity contribution is 0.209. The zero-order valence-electron chi connectivity index (χ0n) is 9.47. The largest absolute Gasteiger partial charge is 0.395 e. The standard InChI is InChI=1S/C12H18BrNO/c1-8-4-5-10(9(2)11(8)13)12(3,6-14)7-15/h4-5,15H,6-7,14H2,1-3H3. The van der Waals surface area contributed by atoms with Crippen LogP contribution >= 0.6 is 15.9 Å². The molecule has 0 aliphatic heterocycles. The van der Waals surface area contributed by atoms with E-state index in [-0.39, 0.29) is 12.0 Å². The second kappa shape index (κ2) is 4.64. The molecule has 0 aromatic heterocycles. The van der Waals surface area contributed by atoms with Crippen LogP contribution < -0.4 is 5.73 Å². The van der Waals surface area contributed by atoms with Crippen molar-refractivity contribution in [1.29, 1.82) is 0 Å². The van der Waals surface area contributed by atoms with E-state index in [0.29, 0.717) is 6.54 Å². The van der Waals surface area contributed by atoms with Gasteiger partial charge in [0.05, 0.1) is 6.61 Å². The predicted octanol–water partition coefficient (Wildman–Crippen LogP) is 2.27. The molecule has 1 rings (SSSR count). The van der Waals surface area contributed by atoms with Crippen LogP contribution in [-0.2, 0) is 5.41 Å². The topological polar surface area (TPSA) is 46.2 Å². The van der Waals surface area contributed by atoms with E-state index in [0.717, 1.165) is 15.6 Å². The van der Waals surface area contributed by atoms with Crippen molar-refractivity contribution in [3.8, 4) is 0 Å². The number of aliphatic hydroxyl groups is 1. The summed E-state index contributed by atoms with van der Waals surface area (Å²) in [7, 11) is 0. The van der Waals surface area contributed by atoms with Gasteiger partial charge >= 0.3 is 0 Å². The Hall–Kier alpha value is -0.380. The van der Waals surface area contributed by atoms with E-state index in [9.17, 15) is 5.11 Å². The maximum atomic E-state index is 9.43. The van der Waals surface area contributed by atoms with Crippen molar-refractivity contribution in [3.05, 3.63) is 33.3 Å². The third kappa shape index (κ3) is 2.25. The van der Waals surface area contributed by atoms with Gasteiger partial charge in [0.15, 0.2) is 0 Å². The normalized spacial score (nSPS) is 15.1. The number of halogens is 1. The summed E-state index contributed by atoms with van der Waals surface area (Å²) in [6.07, 6.45) is 0. The maximum absolute atomic E-state index is 9.43. The first-order chi connectivity index (χ1) is 6.96. The van der Waals surface area contributed by atoms with Crippen LogP contribution in [0.3, 0.4) is 0 Å². The fraction of sp³-hybridized carbons (Fsp3) is 0.500. The molecule has 0 amide bonds. The van der Waals surface area contributed by atoms with Gasteiger partial charge in [-0.15, -0.1) is 0 Å². The number of benzene rings is 1. The molecular weight excluding hydrogens is 254 g/mol. The lowest BCUT2D eigenvalue weighted by Gasteiger charge is -2.28. The molecule has 3 N–H and O–H groups in total. The van der Waals surface area contributed by atoms with Crippen molar-refractivity contribution in [2.24, 2.45) is 5.73 Å². The van der Waals surface area contributed by atoms with Crippen LogP contribution in [0.4, 0.5) is 0 Å². The molecule has 0 saturated carbocycles. The van der Waals surface area contributed by atoms with Crippen molar-refractivity contribution in [2.45, 2.75) is 26.2 Å². The summed E-state index contributed by atoms with van der Waals surface area (Å²) in [5.41, 5.74) is 8.87. The van der Waals surface area contributed by atoms with Crippen molar-refractivity contribution in [2.75, 3.05) is 13.2 Å². The zero-order chi connectivity index (χ0) is 11.6. The number of hydrogen-bond donors (Lipinski definition) is 2. The minimum Gasteiger partial charge on any atom is -0.395 e. The van der Waals surface area contributed by atoms with Gasteiger partial charge in [-0.2, -0.15) is 0 Å². The molecule has 0 aliphatic carbocycles. The molecule has 3 heteroatoms. The average molecular weight is 272 g/mol. The molecular formula is C12H18BrNO. The fourth-order valence-electron chi connectivity index (χ4n) is 1.73. The van der Waals surface area contributed by atoms with E-state index in [2.05, 4.69) is 41.9 Å². The molecule has 0 saturated heterocycles. The van der Waals surface area contributed by atoms with E-state index in [1.807, 2.05) is 6.92 Å². The smallest absolute Gasteiger partial charge is 0.0537 e. The monoisotopic (exact) mass is 271 g/mol. The van der Waals surface area contributed by atoms with Crippen molar-refractivity contribution in [3.63, 3.8) is 0 Å². The molecule has 84 valence electrons. The number of aryl methyl sites for hydroxylation is 1. The molecule has 15 heavy (non-hydrogen) atoms. The van der Waals surface area contributed by atoms with Crippen LogP contribution in [0.1, 0.15) is 23.6 Å². The van der Waals surface area contributed by atoms with Gasteiger partial charge in [0.2, 0.25) is 0 Å². The highest BCUT2D eigenvalue weighted by atomic mass is 79.9. The summed E-state index contributed by atoms with van der Waals surface area (Å²) in [6.45, 7) is 6.60. The van der Waals surface area contributed by atoms with Gasteiger partial charge in [0.25, 0.3) is 0 Å². The first-order valence-electron chi connectivity index (χ1n) is 5.03. The highest BCUT2D eigenvalue weighted by Crippen LogP contribution is 2.31. The molecule has 1 atom stereocenters. The minimum absolute atomic E-state index is 0.0693. The fourth-order valence-corrected chi connectivity index (χ4v) is 2.08. The third-order valence-corrected chi connectivity index (χ3v) is 4.25. The number of hydrogen-bond acceptors (Lipinski definition) is 2. The van der Waals surface area contributed by atoms with Crippen LogP contribution in [0.5, 0.6) is 0 Å². The summed E-state index contributed by atoms with van der Waals surface area (Å²) in [5, 5.41) is 9.43. The van der Waals surface area contributed by atoms with E-state index in [1.54, 1.807) is 0 Å². The molecule has 0 bridgehead atoms. The molecule has 0 spiro atoms. The number of aliphatic hydroxyl groups excluding tert-OH is 1. The molecule has 0 fully saturated rings. The highest BCUT2D eigenvalue weighted by Gasteiger charge is 2.26. The SMILES string of the molecule is Cc1ccc(C(C)(CN)CO)c(C)c1Br. The van der Waals surface area contributed by atoms with E-state index in [4.69, 9.17) is 5.73 Å². The van der Waals surface area contributed by atoms with Crippen LogP contribution in [-0.4, -0.2) is 18.3 Å². The molecule has 0 radical (unpaired) electrons. The Bertz CT molecular complexity index is 359. The second-order valence-corrected chi connectivity index (χ2v) is 5.08. The van der Waals surface area contributed by atoms with Crippen LogP contribution in [0, 0.1) is 13.8 Å². The van der Waals surface area contributed by atoms with Gasteiger partial charge in [-0.05, 0) is 30.5 Å². The average Bonchev–Trinajstić information content (AvgIpc) is 2.25. The molecule has 0 aliphatic rings. The van der Waals surface area contributed by atoms with Crippen LogP contribution in [0.25, 0.3) is 0 Å². The van der Waals surface area contributed by atoms with Gasteiger partial charge in [0, 0.05) is 16.4 Å². The van der Waals surface area contributed by atoms with Gasteiger partial charge in [0.1, 0.15) is 0 Å². The second-order valence-electron chi connectivity index (χ2n) is 4.29. The Balaban J connectivity index is 3.32. The van der Waals surface area contributed by atoms with Crippen LogP contribution in [0.15, 0.2) is 16.6 Å². The number of rotatable bonds is 3. The molecule has 1 aromatic rings. The predicted molar refractivity (Wildman–Crippen MR) is 67.1 cm³/mol. The van der Waals surface area contributed by atoms with Crippen molar-refractivity contribution < 1.29 is 5.11 Å². The van der Waals surface area contributed by atoms with E-state index >= 15 is 0 Å². The first kappa shape index (κ1) is 12.7. The Kier molecular flexibility index (Phi) is 3.93. The Morgan fingerprint density at radius 3 is 2.47 bits per heavy atom. The van der Waals surface area contributed by atoms with Gasteiger partial charge in [-0.25, -0.2) is 0 Å². The summed E-state index contributed by atoms with van der Waals surface area (Å²) >= 11 is 3.56. The van der Waals surface area contributed by atoms with Gasteiger partial charge in [-0.3, -0.25) is 0 Å². The van der Waals surface area contributed by atoms with Gasteiger partial charge < -0.3 is 10.8 Å². The molecule has 1 unspecified atom stereocenters. The zero-order valence-corrected chi connectivity index (χ0v) is 11.1. The first-order valence-corrected chi connectivity index (χ1v) is 5.82. The summed E-state index contributed by atoms with van der Waals surface area (Å²) < 4.78 is 1.10. The summed E-state index contributed by atoms with van der Waals surface area (Å²) in [6, 6.07) is 4.11. The highest BCUT2D eigenvalue weighted by molar-refractivity contribution is 9.10.